The van der Waals surface area contributed by atoms with Crippen molar-refractivity contribution in [2.24, 2.45) is 17.3 Å². The van der Waals surface area contributed by atoms with Gasteiger partial charge in [-0.15, -0.1) is 0 Å². The zero-order valence-electron chi connectivity index (χ0n) is 19.5. The number of amides is 2. The zero-order chi connectivity index (χ0) is 23.7. The standard InChI is InChI=1S/C22H38N3O5P/c1-16(2)12-19(20(26)23-13-17(3)22(4,5)6)25-31(28,29)15-24-21(27)30-14-18-10-8-7-9-11-18/h7-11,16-17,19H,12-15H2,1-6H3,(H,23,26)(H,24,27)(H2,25,28,29)/t17-,19-/m0/s1. The molecule has 0 aliphatic rings. The average Bonchev–Trinajstić information content (AvgIpc) is 2.67. The lowest BCUT2D eigenvalue weighted by atomic mass is 9.82. The topological polar surface area (TPSA) is 117 Å². The van der Waals surface area contributed by atoms with Crippen molar-refractivity contribution in [1.29, 1.82) is 0 Å². The molecule has 3 atom stereocenters. The van der Waals surface area contributed by atoms with Crippen molar-refractivity contribution in [2.45, 2.75) is 60.6 Å². The number of rotatable bonds is 11. The second-order valence-corrected chi connectivity index (χ2v) is 11.4. The van der Waals surface area contributed by atoms with Crippen LogP contribution in [0.3, 0.4) is 0 Å². The number of hydrogen-bond acceptors (Lipinski definition) is 4. The van der Waals surface area contributed by atoms with Gasteiger partial charge in [-0.1, -0.05) is 71.9 Å². The summed E-state index contributed by atoms with van der Waals surface area (Å²) in [5, 5.41) is 7.71. The first-order valence-electron chi connectivity index (χ1n) is 10.6. The van der Waals surface area contributed by atoms with Crippen LogP contribution in [0.5, 0.6) is 0 Å². The van der Waals surface area contributed by atoms with E-state index in [9.17, 15) is 19.0 Å². The second kappa shape index (κ2) is 12.2. The van der Waals surface area contributed by atoms with Crippen molar-refractivity contribution in [1.82, 2.24) is 15.7 Å². The molecule has 0 saturated carbocycles. The molecule has 0 bridgehead atoms. The molecule has 0 aliphatic heterocycles. The summed E-state index contributed by atoms with van der Waals surface area (Å²) < 4.78 is 17.6. The summed E-state index contributed by atoms with van der Waals surface area (Å²) in [5.74, 6) is 0.0379. The molecule has 1 aromatic rings. The summed E-state index contributed by atoms with van der Waals surface area (Å²) in [6.07, 6.45) is -0.955. The van der Waals surface area contributed by atoms with Gasteiger partial charge in [-0.3, -0.25) is 9.36 Å². The summed E-state index contributed by atoms with van der Waals surface area (Å²) in [4.78, 5) is 34.8. The lowest BCUT2D eigenvalue weighted by Crippen LogP contribution is -2.46. The van der Waals surface area contributed by atoms with Crippen LogP contribution >= 0.6 is 7.52 Å². The fourth-order valence-corrected chi connectivity index (χ4v) is 3.75. The Morgan fingerprint density at radius 2 is 1.71 bits per heavy atom. The molecule has 4 N–H and O–H groups in total. The molecule has 176 valence electrons. The van der Waals surface area contributed by atoms with Crippen LogP contribution in [0.25, 0.3) is 0 Å². The van der Waals surface area contributed by atoms with Gasteiger partial charge in [0.25, 0.3) is 7.52 Å². The molecule has 0 saturated heterocycles. The van der Waals surface area contributed by atoms with E-state index in [4.69, 9.17) is 4.74 Å². The normalized spacial score (nSPS) is 15.6. The summed E-state index contributed by atoms with van der Waals surface area (Å²) in [7, 11) is -4.01. The number of ether oxygens (including phenoxy) is 1. The van der Waals surface area contributed by atoms with E-state index in [1.807, 2.05) is 39.0 Å². The third kappa shape index (κ3) is 11.3. The van der Waals surface area contributed by atoms with Crippen LogP contribution in [-0.2, 0) is 20.7 Å². The average molecular weight is 456 g/mol. The van der Waals surface area contributed by atoms with Crippen LogP contribution in [0.1, 0.15) is 53.5 Å². The van der Waals surface area contributed by atoms with Crippen molar-refractivity contribution in [3.8, 4) is 0 Å². The number of carbonyl (C=O) groups excluding carboxylic acids is 2. The van der Waals surface area contributed by atoms with E-state index in [0.717, 1.165) is 5.56 Å². The van der Waals surface area contributed by atoms with Gasteiger partial charge < -0.3 is 20.3 Å². The Balaban J connectivity index is 2.59. The van der Waals surface area contributed by atoms with E-state index in [1.165, 1.54) is 0 Å². The van der Waals surface area contributed by atoms with E-state index in [2.05, 4.69) is 36.5 Å². The molecule has 2 amide bonds. The molecule has 8 nitrogen and oxygen atoms in total. The van der Waals surface area contributed by atoms with Gasteiger partial charge in [-0.2, -0.15) is 0 Å². The van der Waals surface area contributed by atoms with Crippen LogP contribution in [0.2, 0.25) is 0 Å². The predicted octanol–water partition coefficient (Wildman–Crippen LogP) is 3.86. The maximum atomic E-state index is 12.7. The Hall–Kier alpha value is -1.89. The van der Waals surface area contributed by atoms with Crippen LogP contribution in [0, 0.1) is 17.3 Å². The molecule has 1 unspecified atom stereocenters. The number of alkyl carbamates (subject to hydrolysis) is 1. The minimum absolute atomic E-state index is 0.0323. The molecule has 0 heterocycles. The summed E-state index contributed by atoms with van der Waals surface area (Å²) in [6, 6.07) is 8.27. The Morgan fingerprint density at radius 1 is 1.10 bits per heavy atom. The van der Waals surface area contributed by atoms with E-state index in [-0.39, 0.29) is 29.8 Å². The minimum atomic E-state index is -4.01. The van der Waals surface area contributed by atoms with Gasteiger partial charge in [0, 0.05) is 6.54 Å². The number of benzene rings is 1. The maximum Gasteiger partial charge on any atom is 0.407 e. The number of nitrogens with one attached hydrogen (secondary N) is 3. The molecule has 0 aromatic heterocycles. The van der Waals surface area contributed by atoms with Gasteiger partial charge >= 0.3 is 6.09 Å². The highest BCUT2D eigenvalue weighted by molar-refractivity contribution is 7.55. The van der Waals surface area contributed by atoms with Crippen molar-refractivity contribution in [2.75, 3.05) is 12.8 Å². The SMILES string of the molecule is CC(C)C[C@H](NP(=O)(O)CNC(=O)OCc1ccccc1)C(=O)NC[C@H](C)C(C)(C)C. The lowest BCUT2D eigenvalue weighted by molar-refractivity contribution is -0.123. The number of hydrogen-bond donors (Lipinski definition) is 4. The van der Waals surface area contributed by atoms with Crippen LogP contribution in [0.15, 0.2) is 30.3 Å². The molecular formula is C22H38N3O5P. The largest absolute Gasteiger partial charge is 0.445 e. The highest BCUT2D eigenvalue weighted by atomic mass is 31.2. The molecule has 31 heavy (non-hydrogen) atoms. The first-order valence-corrected chi connectivity index (χ1v) is 12.5. The van der Waals surface area contributed by atoms with Crippen LogP contribution in [-0.4, -0.2) is 35.8 Å². The summed E-state index contributed by atoms with van der Waals surface area (Å²) in [6.45, 7) is 12.7. The van der Waals surface area contributed by atoms with Gasteiger partial charge in [0.15, 0.2) is 0 Å². The first-order chi connectivity index (χ1) is 14.3. The molecule has 1 aromatic carbocycles. The molecule has 0 spiro atoms. The molecular weight excluding hydrogens is 417 g/mol. The van der Waals surface area contributed by atoms with Crippen molar-refractivity contribution < 1.29 is 23.8 Å². The second-order valence-electron chi connectivity index (χ2n) is 9.42. The minimum Gasteiger partial charge on any atom is -0.445 e. The van der Waals surface area contributed by atoms with Crippen molar-refractivity contribution in [3.63, 3.8) is 0 Å². The van der Waals surface area contributed by atoms with E-state index in [0.29, 0.717) is 13.0 Å². The van der Waals surface area contributed by atoms with E-state index < -0.39 is 25.9 Å². The lowest BCUT2D eigenvalue weighted by Gasteiger charge is -2.29. The Labute approximate surface area is 186 Å². The maximum absolute atomic E-state index is 12.7. The van der Waals surface area contributed by atoms with Gasteiger partial charge in [-0.05, 0) is 29.2 Å². The molecule has 1 rings (SSSR count). The highest BCUT2D eigenvalue weighted by Crippen LogP contribution is 2.35. The molecule has 0 aliphatic carbocycles. The van der Waals surface area contributed by atoms with Gasteiger partial charge in [0.1, 0.15) is 12.9 Å². The van der Waals surface area contributed by atoms with E-state index >= 15 is 0 Å². The third-order valence-corrected chi connectivity index (χ3v) is 6.39. The zero-order valence-corrected chi connectivity index (χ0v) is 20.4. The van der Waals surface area contributed by atoms with Gasteiger partial charge in [0.2, 0.25) is 5.91 Å². The third-order valence-electron chi connectivity index (χ3n) is 5.09. The van der Waals surface area contributed by atoms with Crippen LogP contribution < -0.4 is 15.7 Å². The fraction of sp³-hybridized carbons (Fsp3) is 0.636. The van der Waals surface area contributed by atoms with Crippen LogP contribution in [0.4, 0.5) is 4.79 Å². The van der Waals surface area contributed by atoms with Crippen molar-refractivity contribution >= 4 is 19.5 Å². The number of carbonyl (C=O) groups is 2. The smallest absolute Gasteiger partial charge is 0.407 e. The Bertz CT molecular complexity index is 749. The fourth-order valence-electron chi connectivity index (χ4n) is 2.61. The molecule has 0 radical (unpaired) electrons. The Kier molecular flexibility index (Phi) is 10.7. The summed E-state index contributed by atoms with van der Waals surface area (Å²) in [5.41, 5.74) is 0.839. The predicted molar refractivity (Wildman–Crippen MR) is 122 cm³/mol. The monoisotopic (exact) mass is 455 g/mol. The van der Waals surface area contributed by atoms with E-state index in [1.54, 1.807) is 12.1 Å². The Morgan fingerprint density at radius 3 is 2.26 bits per heavy atom. The molecule has 0 fully saturated rings. The summed E-state index contributed by atoms with van der Waals surface area (Å²) >= 11 is 0. The quantitative estimate of drug-likeness (QED) is 0.377. The van der Waals surface area contributed by atoms with Gasteiger partial charge in [0.05, 0.1) is 6.04 Å². The van der Waals surface area contributed by atoms with Gasteiger partial charge in [-0.25, -0.2) is 9.88 Å². The molecule has 9 heteroatoms. The first kappa shape index (κ1) is 27.1. The highest BCUT2D eigenvalue weighted by Gasteiger charge is 2.30. The van der Waals surface area contributed by atoms with Crippen molar-refractivity contribution in [3.05, 3.63) is 35.9 Å².